The van der Waals surface area contributed by atoms with Crippen molar-refractivity contribution in [2.24, 2.45) is 7.05 Å². The fourth-order valence-electron chi connectivity index (χ4n) is 2.26. The third-order valence-corrected chi connectivity index (χ3v) is 3.19. The van der Waals surface area contributed by atoms with E-state index in [0.717, 1.165) is 28.0 Å². The highest BCUT2D eigenvalue weighted by molar-refractivity contribution is 5.74. The van der Waals surface area contributed by atoms with Gasteiger partial charge in [-0.1, -0.05) is 0 Å². The van der Waals surface area contributed by atoms with Crippen LogP contribution in [0.15, 0.2) is 18.5 Å². The molecule has 0 aromatic carbocycles. The Balaban J connectivity index is 2.10. The SMILES string of the molecule is Cc1cnc2c(c1)nc(N)n2Cc1cn(C)nc1C. The Hall–Kier alpha value is -2.37. The molecule has 0 amide bonds. The molecule has 98 valence electrons. The van der Waals surface area contributed by atoms with E-state index in [0.29, 0.717) is 12.5 Å². The molecule has 2 N–H and O–H groups in total. The molecule has 0 aliphatic rings. The van der Waals surface area contributed by atoms with Gasteiger partial charge >= 0.3 is 0 Å². The molecule has 3 rings (SSSR count). The maximum atomic E-state index is 5.99. The van der Waals surface area contributed by atoms with Crippen molar-refractivity contribution < 1.29 is 0 Å². The van der Waals surface area contributed by atoms with Gasteiger partial charge in [-0.25, -0.2) is 9.97 Å². The molecular weight excluding hydrogens is 240 g/mol. The van der Waals surface area contributed by atoms with E-state index >= 15 is 0 Å². The Morgan fingerprint density at radius 3 is 2.79 bits per heavy atom. The van der Waals surface area contributed by atoms with E-state index in [9.17, 15) is 0 Å². The molecule has 0 spiro atoms. The number of aromatic nitrogens is 5. The molecule has 3 aromatic heterocycles. The third kappa shape index (κ3) is 1.95. The van der Waals surface area contributed by atoms with Gasteiger partial charge < -0.3 is 5.73 Å². The van der Waals surface area contributed by atoms with Crippen molar-refractivity contribution in [1.82, 2.24) is 24.3 Å². The molecule has 0 atom stereocenters. The Kier molecular flexibility index (Phi) is 2.51. The minimum Gasteiger partial charge on any atom is -0.369 e. The lowest BCUT2D eigenvalue weighted by Gasteiger charge is -2.04. The maximum Gasteiger partial charge on any atom is 0.202 e. The molecule has 6 heteroatoms. The highest BCUT2D eigenvalue weighted by Crippen LogP contribution is 2.19. The van der Waals surface area contributed by atoms with E-state index in [1.54, 1.807) is 4.68 Å². The predicted molar refractivity (Wildman–Crippen MR) is 73.7 cm³/mol. The van der Waals surface area contributed by atoms with Crippen molar-refractivity contribution in [1.29, 1.82) is 0 Å². The summed E-state index contributed by atoms with van der Waals surface area (Å²) in [6, 6.07) is 1.99. The van der Waals surface area contributed by atoms with Crippen molar-refractivity contribution in [2.45, 2.75) is 20.4 Å². The second-order valence-corrected chi connectivity index (χ2v) is 4.82. The monoisotopic (exact) mass is 256 g/mol. The average molecular weight is 256 g/mol. The third-order valence-electron chi connectivity index (χ3n) is 3.19. The molecule has 0 fully saturated rings. The van der Waals surface area contributed by atoms with Crippen molar-refractivity contribution in [3.63, 3.8) is 0 Å². The first-order chi connectivity index (χ1) is 9.04. The summed E-state index contributed by atoms with van der Waals surface area (Å²) in [6.45, 7) is 4.62. The smallest absolute Gasteiger partial charge is 0.202 e. The van der Waals surface area contributed by atoms with E-state index in [1.165, 1.54) is 0 Å². The van der Waals surface area contributed by atoms with Gasteiger partial charge in [0.1, 0.15) is 5.52 Å². The first-order valence-corrected chi connectivity index (χ1v) is 6.12. The van der Waals surface area contributed by atoms with Crippen molar-refractivity contribution in [3.8, 4) is 0 Å². The minimum atomic E-state index is 0.483. The second kappa shape index (κ2) is 4.08. The number of pyridine rings is 1. The molecule has 0 aliphatic carbocycles. The number of nitrogens with two attached hydrogens (primary N) is 1. The fraction of sp³-hybridized carbons (Fsp3) is 0.308. The van der Waals surface area contributed by atoms with E-state index in [2.05, 4.69) is 15.1 Å². The summed E-state index contributed by atoms with van der Waals surface area (Å²) < 4.78 is 3.72. The zero-order valence-corrected chi connectivity index (χ0v) is 11.3. The first-order valence-electron chi connectivity index (χ1n) is 6.12. The minimum absolute atomic E-state index is 0.483. The van der Waals surface area contributed by atoms with Crippen LogP contribution in [-0.2, 0) is 13.6 Å². The van der Waals surface area contributed by atoms with Crippen LogP contribution in [0.4, 0.5) is 5.95 Å². The van der Waals surface area contributed by atoms with Gasteiger partial charge in [-0.3, -0.25) is 9.25 Å². The number of fused-ring (bicyclic) bond motifs is 1. The number of imidazole rings is 1. The Bertz CT molecular complexity index is 752. The van der Waals surface area contributed by atoms with Gasteiger partial charge in [0.25, 0.3) is 0 Å². The highest BCUT2D eigenvalue weighted by atomic mass is 15.3. The fourth-order valence-corrected chi connectivity index (χ4v) is 2.26. The zero-order chi connectivity index (χ0) is 13.6. The number of aryl methyl sites for hydroxylation is 3. The second-order valence-electron chi connectivity index (χ2n) is 4.82. The van der Waals surface area contributed by atoms with Crippen LogP contribution < -0.4 is 5.73 Å². The molecule has 3 aromatic rings. The Morgan fingerprint density at radius 1 is 1.32 bits per heavy atom. The standard InChI is InChI=1S/C13H16N6/c1-8-4-11-12(15-5-8)19(13(14)16-11)7-10-6-18(3)17-9(10)2/h4-6H,7H2,1-3H3,(H2,14,16). The van der Waals surface area contributed by atoms with E-state index in [1.807, 2.05) is 43.9 Å². The normalized spacial score (nSPS) is 11.3. The molecule has 3 heterocycles. The van der Waals surface area contributed by atoms with Crippen LogP contribution in [-0.4, -0.2) is 24.3 Å². The molecule has 0 bridgehead atoms. The summed E-state index contributed by atoms with van der Waals surface area (Å²) in [5.74, 6) is 0.483. The van der Waals surface area contributed by atoms with Crippen LogP contribution in [0.25, 0.3) is 11.2 Å². The number of anilines is 1. The summed E-state index contributed by atoms with van der Waals surface area (Å²) in [5, 5.41) is 4.34. The quantitative estimate of drug-likeness (QED) is 0.752. The molecule has 19 heavy (non-hydrogen) atoms. The molecule has 0 aliphatic heterocycles. The summed E-state index contributed by atoms with van der Waals surface area (Å²) in [6.07, 6.45) is 3.82. The average Bonchev–Trinajstić information content (AvgIpc) is 2.80. The topological polar surface area (TPSA) is 74.5 Å². The summed E-state index contributed by atoms with van der Waals surface area (Å²) in [4.78, 5) is 8.79. The first kappa shape index (κ1) is 11.7. The summed E-state index contributed by atoms with van der Waals surface area (Å²) >= 11 is 0. The van der Waals surface area contributed by atoms with Crippen LogP contribution in [0.3, 0.4) is 0 Å². The molecule has 0 saturated heterocycles. The Labute approximate surface area is 110 Å². The lowest BCUT2D eigenvalue weighted by Crippen LogP contribution is -2.05. The van der Waals surface area contributed by atoms with Gasteiger partial charge in [0.05, 0.1) is 12.2 Å². The summed E-state index contributed by atoms with van der Waals surface area (Å²) in [5.41, 5.74) is 10.8. The van der Waals surface area contributed by atoms with E-state index in [4.69, 9.17) is 5.73 Å². The van der Waals surface area contributed by atoms with E-state index < -0.39 is 0 Å². The van der Waals surface area contributed by atoms with E-state index in [-0.39, 0.29) is 0 Å². The largest absolute Gasteiger partial charge is 0.369 e. The van der Waals surface area contributed by atoms with Gasteiger partial charge in [-0.2, -0.15) is 5.10 Å². The highest BCUT2D eigenvalue weighted by Gasteiger charge is 2.12. The number of hydrogen-bond donors (Lipinski definition) is 1. The van der Waals surface area contributed by atoms with Crippen LogP contribution >= 0.6 is 0 Å². The van der Waals surface area contributed by atoms with Gasteiger partial charge in [0, 0.05) is 25.0 Å². The van der Waals surface area contributed by atoms with Gasteiger partial charge in [0.2, 0.25) is 5.95 Å². The zero-order valence-electron chi connectivity index (χ0n) is 11.3. The van der Waals surface area contributed by atoms with Gasteiger partial charge in [-0.05, 0) is 25.5 Å². The number of rotatable bonds is 2. The van der Waals surface area contributed by atoms with Crippen LogP contribution in [0.2, 0.25) is 0 Å². The van der Waals surface area contributed by atoms with Gasteiger partial charge in [0.15, 0.2) is 5.65 Å². The number of nitrogen functional groups attached to an aromatic ring is 1. The number of nitrogens with zero attached hydrogens (tertiary/aromatic N) is 5. The maximum absolute atomic E-state index is 5.99. The van der Waals surface area contributed by atoms with Crippen molar-refractivity contribution in [2.75, 3.05) is 5.73 Å². The van der Waals surface area contributed by atoms with Gasteiger partial charge in [-0.15, -0.1) is 0 Å². The lowest BCUT2D eigenvalue weighted by molar-refractivity contribution is 0.756. The molecule has 0 unspecified atom stereocenters. The number of hydrogen-bond acceptors (Lipinski definition) is 4. The molecule has 6 nitrogen and oxygen atoms in total. The van der Waals surface area contributed by atoms with Crippen LogP contribution in [0.5, 0.6) is 0 Å². The van der Waals surface area contributed by atoms with Crippen molar-refractivity contribution >= 4 is 17.1 Å². The predicted octanol–water partition coefficient (Wildman–Crippen LogP) is 1.41. The summed E-state index contributed by atoms with van der Waals surface area (Å²) in [7, 11) is 1.91. The molecule has 0 radical (unpaired) electrons. The molecular formula is C13H16N6. The Morgan fingerprint density at radius 2 is 2.11 bits per heavy atom. The molecule has 0 saturated carbocycles. The van der Waals surface area contributed by atoms with Crippen molar-refractivity contribution in [3.05, 3.63) is 35.3 Å². The van der Waals surface area contributed by atoms with Crippen LogP contribution in [0.1, 0.15) is 16.8 Å². The lowest BCUT2D eigenvalue weighted by atomic mass is 10.2. The van der Waals surface area contributed by atoms with Crippen LogP contribution in [0, 0.1) is 13.8 Å².